The Morgan fingerprint density at radius 3 is 2.62 bits per heavy atom. The smallest absolute Gasteiger partial charge is 0.272 e. The zero-order valence-electron chi connectivity index (χ0n) is 12.6. The summed E-state index contributed by atoms with van der Waals surface area (Å²) in [5.41, 5.74) is 0.670. The third kappa shape index (κ3) is 3.78. The maximum atomic E-state index is 12.3. The Bertz CT molecular complexity index is 512. The SMILES string of the molecule is CNCCN(C)C(=O)c1cccc(C(=O)N2CCCC2)n1. The molecule has 0 aromatic carbocycles. The molecule has 6 nitrogen and oxygen atoms in total. The number of amides is 2. The fourth-order valence-electron chi connectivity index (χ4n) is 2.33. The van der Waals surface area contributed by atoms with Crippen molar-refractivity contribution in [3.8, 4) is 0 Å². The molecule has 1 aliphatic rings. The monoisotopic (exact) mass is 290 g/mol. The number of likely N-dealkylation sites (tertiary alicyclic amines) is 1. The van der Waals surface area contributed by atoms with Crippen LogP contribution in [0.1, 0.15) is 33.8 Å². The summed E-state index contributed by atoms with van der Waals surface area (Å²) in [6.45, 7) is 2.87. The van der Waals surface area contributed by atoms with Crippen LogP contribution in [0.4, 0.5) is 0 Å². The molecular formula is C15H22N4O2. The molecule has 21 heavy (non-hydrogen) atoms. The van der Waals surface area contributed by atoms with E-state index in [9.17, 15) is 9.59 Å². The van der Waals surface area contributed by atoms with Crippen molar-refractivity contribution in [3.05, 3.63) is 29.6 Å². The number of pyridine rings is 1. The molecule has 0 saturated carbocycles. The molecule has 0 atom stereocenters. The van der Waals surface area contributed by atoms with E-state index in [1.807, 2.05) is 7.05 Å². The number of hydrogen-bond acceptors (Lipinski definition) is 4. The summed E-state index contributed by atoms with van der Waals surface area (Å²) < 4.78 is 0. The lowest BCUT2D eigenvalue weighted by Gasteiger charge is -2.18. The van der Waals surface area contributed by atoms with Crippen molar-refractivity contribution < 1.29 is 9.59 Å². The van der Waals surface area contributed by atoms with Gasteiger partial charge < -0.3 is 15.1 Å². The highest BCUT2D eigenvalue weighted by Crippen LogP contribution is 2.12. The molecule has 2 amide bonds. The quantitative estimate of drug-likeness (QED) is 0.863. The van der Waals surface area contributed by atoms with Gasteiger partial charge in [-0.15, -0.1) is 0 Å². The van der Waals surface area contributed by atoms with Crippen molar-refractivity contribution in [2.75, 3.05) is 40.3 Å². The van der Waals surface area contributed by atoms with Gasteiger partial charge in [0.25, 0.3) is 11.8 Å². The normalized spacial score (nSPS) is 14.3. The fraction of sp³-hybridized carbons (Fsp3) is 0.533. The summed E-state index contributed by atoms with van der Waals surface area (Å²) in [6.07, 6.45) is 2.08. The topological polar surface area (TPSA) is 65.5 Å². The van der Waals surface area contributed by atoms with Crippen molar-refractivity contribution in [1.82, 2.24) is 20.1 Å². The lowest BCUT2D eigenvalue weighted by atomic mass is 10.2. The van der Waals surface area contributed by atoms with E-state index in [0.29, 0.717) is 24.5 Å². The molecule has 114 valence electrons. The molecule has 6 heteroatoms. The first-order chi connectivity index (χ1) is 10.1. The Morgan fingerprint density at radius 1 is 1.29 bits per heavy atom. The van der Waals surface area contributed by atoms with E-state index < -0.39 is 0 Å². The van der Waals surface area contributed by atoms with Crippen LogP contribution in [-0.2, 0) is 0 Å². The summed E-state index contributed by atoms with van der Waals surface area (Å²) >= 11 is 0. The van der Waals surface area contributed by atoms with Crippen molar-refractivity contribution in [2.24, 2.45) is 0 Å². The van der Waals surface area contributed by atoms with Crippen LogP contribution in [0, 0.1) is 0 Å². The molecule has 0 unspecified atom stereocenters. The van der Waals surface area contributed by atoms with Crippen LogP contribution in [0.5, 0.6) is 0 Å². The number of carbonyl (C=O) groups excluding carboxylic acids is 2. The van der Waals surface area contributed by atoms with E-state index in [4.69, 9.17) is 0 Å². The van der Waals surface area contributed by atoms with E-state index >= 15 is 0 Å². The molecule has 1 N–H and O–H groups in total. The molecule has 1 fully saturated rings. The van der Waals surface area contributed by atoms with Gasteiger partial charge in [-0.25, -0.2) is 4.98 Å². The molecule has 1 aliphatic heterocycles. The highest BCUT2D eigenvalue weighted by molar-refractivity contribution is 5.96. The highest BCUT2D eigenvalue weighted by Gasteiger charge is 2.22. The zero-order chi connectivity index (χ0) is 15.2. The molecule has 0 aliphatic carbocycles. The second-order valence-electron chi connectivity index (χ2n) is 5.24. The Kier molecular flexibility index (Phi) is 5.27. The third-order valence-electron chi connectivity index (χ3n) is 3.62. The second-order valence-corrected chi connectivity index (χ2v) is 5.24. The maximum Gasteiger partial charge on any atom is 0.272 e. The predicted molar refractivity (Wildman–Crippen MR) is 80.3 cm³/mol. The summed E-state index contributed by atoms with van der Waals surface area (Å²) in [6, 6.07) is 5.04. The number of hydrogen-bond donors (Lipinski definition) is 1. The van der Waals surface area contributed by atoms with Crippen LogP contribution in [0.3, 0.4) is 0 Å². The van der Waals surface area contributed by atoms with Crippen LogP contribution in [0.25, 0.3) is 0 Å². The fourth-order valence-corrected chi connectivity index (χ4v) is 2.33. The summed E-state index contributed by atoms with van der Waals surface area (Å²) in [4.78, 5) is 32.2. The van der Waals surface area contributed by atoms with Gasteiger partial charge in [0.2, 0.25) is 0 Å². The molecule has 1 aromatic heterocycles. The van der Waals surface area contributed by atoms with Gasteiger partial charge in [-0.05, 0) is 32.0 Å². The van der Waals surface area contributed by atoms with Crippen LogP contribution in [0.15, 0.2) is 18.2 Å². The van der Waals surface area contributed by atoms with Crippen LogP contribution in [0.2, 0.25) is 0 Å². The van der Waals surface area contributed by atoms with Crippen LogP contribution >= 0.6 is 0 Å². The first kappa shape index (κ1) is 15.4. The first-order valence-corrected chi connectivity index (χ1v) is 7.30. The van der Waals surface area contributed by atoms with Gasteiger partial charge in [0.05, 0.1) is 0 Å². The lowest BCUT2D eigenvalue weighted by Crippen LogP contribution is -2.34. The lowest BCUT2D eigenvalue weighted by molar-refractivity contribution is 0.0781. The molecule has 1 aromatic rings. The first-order valence-electron chi connectivity index (χ1n) is 7.30. The Hall–Kier alpha value is -1.95. The number of carbonyl (C=O) groups is 2. The number of aromatic nitrogens is 1. The molecule has 2 rings (SSSR count). The minimum atomic E-state index is -0.165. The van der Waals surface area contributed by atoms with Gasteiger partial charge in [-0.2, -0.15) is 0 Å². The number of nitrogens with one attached hydrogen (secondary N) is 1. The Balaban J connectivity index is 2.09. The van der Waals surface area contributed by atoms with Crippen LogP contribution < -0.4 is 5.32 Å². The molecule has 0 radical (unpaired) electrons. The number of likely N-dealkylation sites (N-methyl/N-ethyl adjacent to an activating group) is 2. The van der Waals surface area contributed by atoms with E-state index in [1.165, 1.54) is 0 Å². The van der Waals surface area contributed by atoms with Crippen molar-refractivity contribution in [3.63, 3.8) is 0 Å². The maximum absolute atomic E-state index is 12.3. The van der Waals surface area contributed by atoms with E-state index in [0.717, 1.165) is 25.9 Å². The molecule has 2 heterocycles. The van der Waals surface area contributed by atoms with Gasteiger partial charge in [0.15, 0.2) is 0 Å². The van der Waals surface area contributed by atoms with Gasteiger partial charge >= 0.3 is 0 Å². The summed E-state index contributed by atoms with van der Waals surface area (Å²) in [5.74, 6) is -0.249. The van der Waals surface area contributed by atoms with Crippen molar-refractivity contribution in [2.45, 2.75) is 12.8 Å². The molecule has 0 spiro atoms. The van der Waals surface area contributed by atoms with Gasteiger partial charge in [0.1, 0.15) is 11.4 Å². The Morgan fingerprint density at radius 2 is 1.95 bits per heavy atom. The van der Waals surface area contributed by atoms with Gasteiger partial charge in [-0.1, -0.05) is 6.07 Å². The predicted octanol–water partition coefficient (Wildman–Crippen LogP) is 0.609. The average molecular weight is 290 g/mol. The largest absolute Gasteiger partial charge is 0.339 e. The Labute approximate surface area is 125 Å². The van der Waals surface area contributed by atoms with Gasteiger partial charge in [0, 0.05) is 33.2 Å². The molecule has 0 bridgehead atoms. The van der Waals surface area contributed by atoms with Crippen molar-refractivity contribution in [1.29, 1.82) is 0 Å². The second kappa shape index (κ2) is 7.17. The standard InChI is InChI=1S/C15H22N4O2/c1-16-8-11-18(2)14(20)12-6-5-7-13(17-12)15(21)19-9-3-4-10-19/h5-7,16H,3-4,8-11H2,1-2H3. The van der Waals surface area contributed by atoms with E-state index in [-0.39, 0.29) is 11.8 Å². The summed E-state index contributed by atoms with van der Waals surface area (Å²) in [7, 11) is 3.57. The summed E-state index contributed by atoms with van der Waals surface area (Å²) in [5, 5.41) is 3.00. The number of nitrogens with zero attached hydrogens (tertiary/aromatic N) is 3. The molecular weight excluding hydrogens is 268 g/mol. The van der Waals surface area contributed by atoms with E-state index in [1.54, 1.807) is 35.0 Å². The third-order valence-corrected chi connectivity index (χ3v) is 3.62. The van der Waals surface area contributed by atoms with E-state index in [2.05, 4.69) is 10.3 Å². The minimum Gasteiger partial charge on any atom is -0.339 e. The average Bonchev–Trinajstić information content (AvgIpc) is 3.05. The highest BCUT2D eigenvalue weighted by atomic mass is 16.2. The molecule has 1 saturated heterocycles. The van der Waals surface area contributed by atoms with Gasteiger partial charge in [-0.3, -0.25) is 9.59 Å². The number of rotatable bonds is 5. The van der Waals surface area contributed by atoms with Crippen LogP contribution in [-0.4, -0.2) is 66.9 Å². The van der Waals surface area contributed by atoms with Crippen molar-refractivity contribution >= 4 is 11.8 Å². The zero-order valence-corrected chi connectivity index (χ0v) is 12.6. The minimum absolute atomic E-state index is 0.0833.